The number of piperidine rings is 1. The summed E-state index contributed by atoms with van der Waals surface area (Å²) in [6, 6.07) is 23.3. The average molecular weight is 470 g/mol. The summed E-state index contributed by atoms with van der Waals surface area (Å²) in [5, 5.41) is 6.02. The number of hydrogen-bond acceptors (Lipinski definition) is 3. The van der Waals surface area contributed by atoms with Gasteiger partial charge in [-0.25, -0.2) is 0 Å². The Bertz CT molecular complexity index is 1150. The van der Waals surface area contributed by atoms with Gasteiger partial charge in [0.15, 0.2) is 0 Å². The monoisotopic (exact) mass is 469 g/mol. The number of hydrogen-bond donors (Lipinski definition) is 2. The van der Waals surface area contributed by atoms with Gasteiger partial charge in [0.05, 0.1) is 5.56 Å². The Balaban J connectivity index is 1.53. The van der Waals surface area contributed by atoms with E-state index in [-0.39, 0.29) is 11.8 Å². The molecular formula is C30H35N3O2. The van der Waals surface area contributed by atoms with Crippen LogP contribution in [0.25, 0.3) is 11.1 Å². The summed E-state index contributed by atoms with van der Waals surface area (Å²) in [7, 11) is 0. The fourth-order valence-corrected chi connectivity index (χ4v) is 4.36. The number of nitrogens with one attached hydrogen (secondary N) is 2. The molecule has 0 unspecified atom stereocenters. The average Bonchev–Trinajstić information content (AvgIpc) is 2.88. The molecular weight excluding hydrogens is 434 g/mol. The summed E-state index contributed by atoms with van der Waals surface area (Å²) < 4.78 is 0. The van der Waals surface area contributed by atoms with Gasteiger partial charge in [-0.15, -0.1) is 0 Å². The molecule has 2 amide bonds. The normalized spacial score (nSPS) is 14.1. The van der Waals surface area contributed by atoms with Crippen LogP contribution in [0, 0.1) is 11.8 Å². The maximum absolute atomic E-state index is 13.1. The van der Waals surface area contributed by atoms with E-state index in [1.165, 1.54) is 0 Å². The minimum Gasteiger partial charge on any atom is -0.371 e. The van der Waals surface area contributed by atoms with Crippen molar-refractivity contribution in [1.82, 2.24) is 5.32 Å². The van der Waals surface area contributed by atoms with E-state index in [0.717, 1.165) is 42.7 Å². The minimum absolute atomic E-state index is 0.101. The standard InChI is InChI=1S/C30H35N3O2/c1-21(2)20-31-30(35)27-19-26(13-14-28(27)33-17-15-22(3)16-18-33)32-29(34)25-11-9-24(10-12-25)23-7-5-4-6-8-23/h4-14,19,21-22H,15-18,20H2,1-3H3,(H,31,35)(H,32,34). The molecule has 3 aromatic rings. The summed E-state index contributed by atoms with van der Waals surface area (Å²) in [6.45, 7) is 8.91. The summed E-state index contributed by atoms with van der Waals surface area (Å²) in [5.41, 5.74) is 4.90. The quantitative estimate of drug-likeness (QED) is 0.431. The molecule has 0 aromatic heterocycles. The fraction of sp³-hybridized carbons (Fsp3) is 0.333. The number of amides is 2. The van der Waals surface area contributed by atoms with Crippen LogP contribution in [0.1, 0.15) is 54.3 Å². The molecule has 35 heavy (non-hydrogen) atoms. The van der Waals surface area contributed by atoms with Crippen LogP contribution in [0.4, 0.5) is 11.4 Å². The first-order valence-corrected chi connectivity index (χ1v) is 12.5. The fourth-order valence-electron chi connectivity index (χ4n) is 4.36. The molecule has 2 N–H and O–H groups in total. The number of benzene rings is 3. The van der Waals surface area contributed by atoms with Gasteiger partial charge in [0, 0.05) is 36.6 Å². The van der Waals surface area contributed by atoms with E-state index in [0.29, 0.717) is 35.2 Å². The maximum Gasteiger partial charge on any atom is 0.255 e. The van der Waals surface area contributed by atoms with E-state index in [4.69, 9.17) is 0 Å². The first kappa shape index (κ1) is 24.5. The highest BCUT2D eigenvalue weighted by molar-refractivity contribution is 6.06. The van der Waals surface area contributed by atoms with Crippen LogP contribution < -0.4 is 15.5 Å². The molecule has 5 nitrogen and oxygen atoms in total. The van der Waals surface area contributed by atoms with Gasteiger partial charge in [-0.2, -0.15) is 0 Å². The highest BCUT2D eigenvalue weighted by Crippen LogP contribution is 2.29. The number of nitrogens with zero attached hydrogens (tertiary/aromatic N) is 1. The van der Waals surface area contributed by atoms with Crippen molar-refractivity contribution in [2.45, 2.75) is 33.6 Å². The van der Waals surface area contributed by atoms with Crippen LogP contribution in [-0.2, 0) is 0 Å². The van der Waals surface area contributed by atoms with Crippen LogP contribution in [-0.4, -0.2) is 31.4 Å². The molecule has 0 saturated carbocycles. The Morgan fingerprint density at radius 2 is 1.54 bits per heavy atom. The van der Waals surface area contributed by atoms with Crippen LogP contribution in [0.2, 0.25) is 0 Å². The maximum atomic E-state index is 13.1. The van der Waals surface area contributed by atoms with Gasteiger partial charge in [0.25, 0.3) is 11.8 Å². The zero-order valence-corrected chi connectivity index (χ0v) is 20.9. The molecule has 1 fully saturated rings. The molecule has 1 aliphatic rings. The van der Waals surface area contributed by atoms with Crippen molar-refractivity contribution >= 4 is 23.2 Å². The van der Waals surface area contributed by atoms with Gasteiger partial charge in [0.2, 0.25) is 0 Å². The first-order valence-electron chi connectivity index (χ1n) is 12.5. The van der Waals surface area contributed by atoms with Crippen LogP contribution in [0.5, 0.6) is 0 Å². The second-order valence-electron chi connectivity index (χ2n) is 9.90. The van der Waals surface area contributed by atoms with Crippen LogP contribution in [0.3, 0.4) is 0 Å². The number of rotatable bonds is 7. The molecule has 4 rings (SSSR count). The number of carbonyl (C=O) groups excluding carboxylic acids is 2. The molecule has 0 radical (unpaired) electrons. The van der Waals surface area contributed by atoms with Crippen LogP contribution >= 0.6 is 0 Å². The number of carbonyl (C=O) groups is 2. The zero-order valence-electron chi connectivity index (χ0n) is 20.9. The lowest BCUT2D eigenvalue weighted by atomic mass is 9.97. The zero-order chi connectivity index (χ0) is 24.8. The molecule has 0 aliphatic carbocycles. The van der Waals surface area contributed by atoms with Crippen molar-refractivity contribution in [2.75, 3.05) is 29.9 Å². The smallest absolute Gasteiger partial charge is 0.255 e. The lowest BCUT2D eigenvalue weighted by Crippen LogP contribution is -2.35. The topological polar surface area (TPSA) is 61.4 Å². The first-order chi connectivity index (χ1) is 16.9. The van der Waals surface area contributed by atoms with Gasteiger partial charge in [-0.3, -0.25) is 9.59 Å². The van der Waals surface area contributed by atoms with Crippen molar-refractivity contribution in [3.8, 4) is 11.1 Å². The summed E-state index contributed by atoms with van der Waals surface area (Å²) in [6.07, 6.45) is 2.23. The summed E-state index contributed by atoms with van der Waals surface area (Å²) >= 11 is 0. The van der Waals surface area contributed by atoms with E-state index >= 15 is 0 Å². The Morgan fingerprint density at radius 3 is 2.20 bits per heavy atom. The second kappa shape index (κ2) is 11.2. The third kappa shape index (κ3) is 6.30. The van der Waals surface area contributed by atoms with Crippen molar-refractivity contribution in [1.29, 1.82) is 0 Å². The molecule has 182 valence electrons. The molecule has 5 heteroatoms. The van der Waals surface area contributed by atoms with E-state index in [2.05, 4.69) is 36.3 Å². The molecule has 3 aromatic carbocycles. The van der Waals surface area contributed by atoms with Crippen molar-refractivity contribution in [3.05, 3.63) is 83.9 Å². The molecule has 0 bridgehead atoms. The summed E-state index contributed by atoms with van der Waals surface area (Å²) in [4.78, 5) is 28.4. The predicted octanol–water partition coefficient (Wildman–Crippen LogP) is 6.23. The second-order valence-corrected chi connectivity index (χ2v) is 9.90. The third-order valence-corrected chi connectivity index (χ3v) is 6.55. The third-order valence-electron chi connectivity index (χ3n) is 6.55. The van der Waals surface area contributed by atoms with Crippen molar-refractivity contribution in [2.24, 2.45) is 11.8 Å². The van der Waals surface area contributed by atoms with Gasteiger partial charge in [0.1, 0.15) is 0 Å². The Labute approximate surface area is 208 Å². The Morgan fingerprint density at radius 1 is 0.886 bits per heavy atom. The summed E-state index contributed by atoms with van der Waals surface area (Å²) in [5.74, 6) is 0.768. The van der Waals surface area contributed by atoms with Gasteiger partial charge < -0.3 is 15.5 Å². The lowest BCUT2D eigenvalue weighted by Gasteiger charge is -2.33. The van der Waals surface area contributed by atoms with Crippen LogP contribution in [0.15, 0.2) is 72.8 Å². The Hall–Kier alpha value is -3.60. The lowest BCUT2D eigenvalue weighted by molar-refractivity contribution is 0.0948. The largest absolute Gasteiger partial charge is 0.371 e. The van der Waals surface area contributed by atoms with E-state index < -0.39 is 0 Å². The molecule has 0 spiro atoms. The van der Waals surface area contributed by atoms with Crippen molar-refractivity contribution < 1.29 is 9.59 Å². The highest BCUT2D eigenvalue weighted by atomic mass is 16.2. The predicted molar refractivity (Wildman–Crippen MR) is 144 cm³/mol. The SMILES string of the molecule is CC(C)CNC(=O)c1cc(NC(=O)c2ccc(-c3ccccc3)cc2)ccc1N1CCC(C)CC1. The van der Waals surface area contributed by atoms with Gasteiger partial charge in [-0.1, -0.05) is 63.2 Å². The number of anilines is 2. The molecule has 1 aliphatic heterocycles. The Kier molecular flexibility index (Phi) is 7.86. The van der Waals surface area contributed by atoms with E-state index in [9.17, 15) is 9.59 Å². The van der Waals surface area contributed by atoms with Gasteiger partial charge in [-0.05, 0) is 66.1 Å². The van der Waals surface area contributed by atoms with E-state index in [1.54, 1.807) is 6.07 Å². The van der Waals surface area contributed by atoms with E-state index in [1.807, 2.05) is 66.7 Å². The highest BCUT2D eigenvalue weighted by Gasteiger charge is 2.22. The molecule has 1 saturated heterocycles. The molecule has 0 atom stereocenters. The van der Waals surface area contributed by atoms with Crippen molar-refractivity contribution in [3.63, 3.8) is 0 Å². The van der Waals surface area contributed by atoms with Gasteiger partial charge >= 0.3 is 0 Å². The molecule has 1 heterocycles. The minimum atomic E-state index is -0.197.